The fourth-order valence-corrected chi connectivity index (χ4v) is 6.24. The van der Waals surface area contributed by atoms with Gasteiger partial charge < -0.3 is 14.2 Å². The summed E-state index contributed by atoms with van der Waals surface area (Å²) in [4.78, 5) is 6.75. The summed E-state index contributed by atoms with van der Waals surface area (Å²) < 4.78 is 130. The van der Waals surface area contributed by atoms with E-state index in [1.54, 1.807) is 6.07 Å². The molecule has 0 fully saturated rings. The molecule has 0 aliphatic heterocycles. The number of benzene rings is 4. The first-order chi connectivity index (χ1) is 25.4. The first kappa shape index (κ1) is 36.6. The molecule has 0 N–H and O–H groups in total. The standard InChI is InChI=1S/C38H15F9N4O3/c1-18-4-5-21(14-30(18)53-37(42,43)44)19-6-9-23-25(12-19)34-33(28(17-49)51-3)24-10-7-20(13-26(24)35(34)32(23)27(16-48)50-2)22-8-11-29(52-36(39,40)41)31(15-22)54-38(45,46)47/h4-15H,1H3/b32-27+,33-28-. The molecule has 0 unspecified atom stereocenters. The van der Waals surface area contributed by atoms with Crippen molar-refractivity contribution in [1.82, 2.24) is 0 Å². The number of fused-ring (bicyclic) bond motifs is 4. The van der Waals surface area contributed by atoms with Crippen LogP contribution in [0.3, 0.4) is 0 Å². The van der Waals surface area contributed by atoms with Crippen LogP contribution in [0, 0.1) is 42.7 Å². The average molecular weight is 747 g/mol. The maximum absolute atomic E-state index is 13.2. The number of alkyl halides is 9. The van der Waals surface area contributed by atoms with Gasteiger partial charge in [-0.25, -0.2) is 20.2 Å². The topological polar surface area (TPSA) is 84.0 Å². The van der Waals surface area contributed by atoms with Gasteiger partial charge in [0.1, 0.15) is 5.75 Å². The SMILES string of the molecule is [C-]#[N+]/C(C#N)=C1C2=C(/C(=C(\C#N)[N+]#[C-])c3ccc(-c4ccc(C)c(OC(F)(F)F)c4)cc32)c2cc(-c3ccc(OC(F)(F)F)c(OC(F)(F)F)c3)ccc2\1. The number of nitrogens with zero attached hydrogens (tertiary/aromatic N) is 4. The van der Waals surface area contributed by atoms with E-state index in [1.165, 1.54) is 55.5 Å². The maximum Gasteiger partial charge on any atom is 0.573 e. The van der Waals surface area contributed by atoms with Crippen LogP contribution in [-0.2, 0) is 0 Å². The van der Waals surface area contributed by atoms with Gasteiger partial charge in [-0.3, -0.25) is 0 Å². The minimum Gasteiger partial charge on any atom is -0.405 e. The monoisotopic (exact) mass is 746 g/mol. The number of nitriles is 2. The van der Waals surface area contributed by atoms with Crippen molar-refractivity contribution in [3.63, 3.8) is 0 Å². The molecule has 54 heavy (non-hydrogen) atoms. The van der Waals surface area contributed by atoms with Crippen molar-refractivity contribution < 1.29 is 53.7 Å². The molecule has 0 spiro atoms. The van der Waals surface area contributed by atoms with Gasteiger partial charge in [-0.2, -0.15) is 0 Å². The van der Waals surface area contributed by atoms with Gasteiger partial charge in [-0.05, 0) is 98.5 Å². The van der Waals surface area contributed by atoms with Crippen LogP contribution in [0.25, 0.3) is 54.2 Å². The lowest BCUT2D eigenvalue weighted by Crippen LogP contribution is -2.21. The fraction of sp³-hybridized carbons (Fsp3) is 0.105. The molecule has 4 aromatic rings. The number of hydrogen-bond donors (Lipinski definition) is 0. The molecule has 0 aromatic heterocycles. The summed E-state index contributed by atoms with van der Waals surface area (Å²) in [6, 6.07) is 18.9. The molecule has 6 rings (SSSR count). The van der Waals surface area contributed by atoms with Crippen molar-refractivity contribution in [2.45, 2.75) is 26.0 Å². The summed E-state index contributed by atoms with van der Waals surface area (Å²) in [5.41, 5.74) is 1.59. The molecule has 2 aliphatic rings. The Bertz CT molecular complexity index is 2520. The molecule has 0 amide bonds. The zero-order valence-corrected chi connectivity index (χ0v) is 26.8. The average Bonchev–Trinajstić information content (AvgIpc) is 3.58. The number of rotatable bonds is 5. The summed E-state index contributed by atoms with van der Waals surface area (Å²) >= 11 is 0. The second-order valence-corrected chi connectivity index (χ2v) is 11.5. The lowest BCUT2D eigenvalue weighted by molar-refractivity contribution is -0.287. The number of halogens is 9. The lowest BCUT2D eigenvalue weighted by atomic mass is 9.88. The van der Waals surface area contributed by atoms with Gasteiger partial charge in [-0.1, -0.05) is 42.5 Å². The largest absolute Gasteiger partial charge is 0.573 e. The molecule has 16 heteroatoms. The molecule has 4 aromatic carbocycles. The molecule has 0 heterocycles. The van der Waals surface area contributed by atoms with E-state index in [9.17, 15) is 50.0 Å². The summed E-state index contributed by atoms with van der Waals surface area (Å²) in [6.07, 6.45) is -15.7. The molecule has 2 aliphatic carbocycles. The van der Waals surface area contributed by atoms with Crippen LogP contribution in [0.4, 0.5) is 39.5 Å². The van der Waals surface area contributed by atoms with Gasteiger partial charge in [0.2, 0.25) is 0 Å². The third-order valence-electron chi connectivity index (χ3n) is 8.25. The molecule has 0 bridgehead atoms. The van der Waals surface area contributed by atoms with Gasteiger partial charge in [0, 0.05) is 11.1 Å². The summed E-state index contributed by atoms with van der Waals surface area (Å²) in [5.74, 6) is -3.05. The van der Waals surface area contributed by atoms with E-state index in [1.807, 2.05) is 12.1 Å². The van der Waals surface area contributed by atoms with Crippen molar-refractivity contribution in [2.75, 3.05) is 0 Å². The fourth-order valence-electron chi connectivity index (χ4n) is 6.24. The Kier molecular flexibility index (Phi) is 8.89. The van der Waals surface area contributed by atoms with Crippen LogP contribution in [-0.4, -0.2) is 19.1 Å². The van der Waals surface area contributed by atoms with Crippen LogP contribution in [0.2, 0.25) is 0 Å². The van der Waals surface area contributed by atoms with Gasteiger partial charge in [-0.15, -0.1) is 39.5 Å². The Morgan fingerprint density at radius 2 is 0.889 bits per heavy atom. The number of hydrogen-bond acceptors (Lipinski definition) is 5. The number of allylic oxidation sites excluding steroid dienone is 6. The summed E-state index contributed by atoms with van der Waals surface area (Å²) in [5, 5.41) is 20.1. The smallest absolute Gasteiger partial charge is 0.405 e. The third-order valence-corrected chi connectivity index (χ3v) is 8.25. The van der Waals surface area contributed by atoms with Crippen molar-refractivity contribution >= 4 is 22.3 Å². The van der Waals surface area contributed by atoms with Crippen molar-refractivity contribution in [1.29, 1.82) is 10.5 Å². The molecule has 268 valence electrons. The first-order valence-corrected chi connectivity index (χ1v) is 15.0. The Hall–Kier alpha value is -7.17. The van der Waals surface area contributed by atoms with E-state index >= 15 is 0 Å². The van der Waals surface area contributed by atoms with Crippen LogP contribution in [0.5, 0.6) is 17.2 Å². The number of aryl methyl sites for hydroxylation is 1. The van der Waals surface area contributed by atoms with Gasteiger partial charge in [0.25, 0.3) is 11.4 Å². The minimum absolute atomic E-state index is 0.0692. The molecular weight excluding hydrogens is 731 g/mol. The second-order valence-electron chi connectivity index (χ2n) is 11.5. The Morgan fingerprint density at radius 3 is 1.31 bits per heavy atom. The summed E-state index contributed by atoms with van der Waals surface area (Å²) in [6.45, 7) is 16.9. The Labute approximate surface area is 298 Å². The van der Waals surface area contributed by atoms with Crippen molar-refractivity contribution in [3.05, 3.63) is 135 Å². The first-order valence-electron chi connectivity index (χ1n) is 15.0. The van der Waals surface area contributed by atoms with E-state index in [-0.39, 0.29) is 55.7 Å². The number of ether oxygens (including phenoxy) is 3. The van der Waals surface area contributed by atoms with Crippen LogP contribution in [0.1, 0.15) is 27.8 Å². The lowest BCUT2D eigenvalue weighted by Gasteiger charge is -2.17. The van der Waals surface area contributed by atoms with Crippen molar-refractivity contribution in [3.8, 4) is 51.6 Å². The van der Waals surface area contributed by atoms with E-state index in [0.29, 0.717) is 28.8 Å². The van der Waals surface area contributed by atoms with Crippen LogP contribution < -0.4 is 14.2 Å². The van der Waals surface area contributed by atoms with Gasteiger partial charge in [0.15, 0.2) is 11.5 Å². The van der Waals surface area contributed by atoms with E-state index in [4.69, 9.17) is 13.1 Å². The highest BCUT2D eigenvalue weighted by Crippen LogP contribution is 2.60. The van der Waals surface area contributed by atoms with Crippen LogP contribution in [0.15, 0.2) is 84.2 Å². The molecule has 0 atom stereocenters. The highest BCUT2D eigenvalue weighted by molar-refractivity contribution is 6.37. The van der Waals surface area contributed by atoms with Gasteiger partial charge >= 0.3 is 19.1 Å². The normalized spacial score (nSPS) is 15.1. The predicted octanol–water partition coefficient (Wildman–Crippen LogP) is 11.3. The molecule has 0 saturated heterocycles. The van der Waals surface area contributed by atoms with Crippen LogP contribution >= 0.6 is 0 Å². The predicted molar refractivity (Wildman–Crippen MR) is 174 cm³/mol. The molecule has 0 saturated carbocycles. The molecule has 0 radical (unpaired) electrons. The Morgan fingerprint density at radius 1 is 0.519 bits per heavy atom. The highest BCUT2D eigenvalue weighted by atomic mass is 19.4. The quantitative estimate of drug-likeness (QED) is 0.115. The molecular formula is C38H15F9N4O3. The summed E-state index contributed by atoms with van der Waals surface area (Å²) in [7, 11) is 0. The zero-order chi connectivity index (χ0) is 39.3. The van der Waals surface area contributed by atoms with E-state index < -0.39 is 47.7 Å². The second kappa shape index (κ2) is 13.1. The van der Waals surface area contributed by atoms with E-state index in [2.05, 4.69) is 23.9 Å². The molecule has 7 nitrogen and oxygen atoms in total. The van der Waals surface area contributed by atoms with E-state index in [0.717, 1.165) is 6.07 Å². The van der Waals surface area contributed by atoms with Gasteiger partial charge in [0.05, 0.1) is 25.3 Å². The Balaban J connectivity index is 1.60. The third kappa shape index (κ3) is 6.89. The maximum atomic E-state index is 13.2. The minimum atomic E-state index is -5.40. The zero-order valence-electron chi connectivity index (χ0n) is 26.8. The van der Waals surface area contributed by atoms with Crippen molar-refractivity contribution in [2.24, 2.45) is 0 Å². The highest BCUT2D eigenvalue weighted by Gasteiger charge is 2.41.